The van der Waals surface area contributed by atoms with Crippen LogP contribution in [0.4, 0.5) is 9.93 Å². The summed E-state index contributed by atoms with van der Waals surface area (Å²) in [7, 11) is 0. The van der Waals surface area contributed by atoms with E-state index in [4.69, 9.17) is 0 Å². The fourth-order valence-electron chi connectivity index (χ4n) is 2.95. The van der Waals surface area contributed by atoms with Crippen molar-refractivity contribution in [1.29, 1.82) is 0 Å². The van der Waals surface area contributed by atoms with Gasteiger partial charge in [0, 0.05) is 6.42 Å². The van der Waals surface area contributed by atoms with Gasteiger partial charge >= 0.3 is 6.03 Å². The van der Waals surface area contributed by atoms with Gasteiger partial charge in [0.25, 0.3) is 0 Å². The maximum Gasteiger partial charge on any atom is 0.321 e. The topological polar surface area (TPSA) is 74.2 Å². The van der Waals surface area contributed by atoms with E-state index in [0.717, 1.165) is 21.3 Å². The van der Waals surface area contributed by atoms with Crippen molar-refractivity contribution in [1.82, 2.24) is 10.3 Å². The molecule has 0 aliphatic heterocycles. The predicted octanol–water partition coefficient (Wildman–Crippen LogP) is 3.08. The van der Waals surface area contributed by atoms with Gasteiger partial charge in [-0.05, 0) is 23.3 Å². The molecule has 4 rings (SSSR count). The summed E-state index contributed by atoms with van der Waals surface area (Å²) in [6.45, 7) is 0. The van der Waals surface area contributed by atoms with Gasteiger partial charge in [0.15, 0.2) is 5.13 Å². The number of hydrogen-bond acceptors (Lipinski definition) is 4. The van der Waals surface area contributed by atoms with E-state index in [-0.39, 0.29) is 12.1 Å². The van der Waals surface area contributed by atoms with Gasteiger partial charge in [-0.3, -0.25) is 5.32 Å². The summed E-state index contributed by atoms with van der Waals surface area (Å²) in [6.07, 6.45) is -0.0454. The third-order valence-corrected chi connectivity index (χ3v) is 4.96. The first-order chi connectivity index (χ1) is 11.2. The zero-order valence-electron chi connectivity index (χ0n) is 12.2. The maximum atomic E-state index is 12.2. The van der Waals surface area contributed by atoms with Crippen molar-refractivity contribution in [2.45, 2.75) is 18.6 Å². The number of aromatic nitrogens is 1. The number of nitrogens with zero attached hydrogens (tertiary/aromatic N) is 1. The molecular weight excluding hydrogens is 310 g/mol. The number of fused-ring (bicyclic) bond motifs is 2. The van der Waals surface area contributed by atoms with Crippen LogP contribution in [0, 0.1) is 0 Å². The van der Waals surface area contributed by atoms with E-state index < -0.39 is 6.10 Å². The second-order valence-electron chi connectivity index (χ2n) is 5.53. The van der Waals surface area contributed by atoms with E-state index in [0.29, 0.717) is 11.6 Å². The molecule has 3 aromatic rings. The van der Waals surface area contributed by atoms with Crippen LogP contribution < -0.4 is 10.6 Å². The fourth-order valence-corrected chi connectivity index (χ4v) is 3.81. The highest BCUT2D eigenvalue weighted by molar-refractivity contribution is 7.22. The Bertz CT molecular complexity index is 844. The minimum absolute atomic E-state index is 0.357. The highest BCUT2D eigenvalue weighted by Crippen LogP contribution is 2.31. The van der Waals surface area contributed by atoms with Crippen molar-refractivity contribution >= 4 is 32.7 Å². The molecular formula is C17H15N3O2S. The Labute approximate surface area is 137 Å². The second-order valence-corrected chi connectivity index (χ2v) is 6.56. The molecule has 0 saturated carbocycles. The van der Waals surface area contributed by atoms with E-state index in [9.17, 15) is 9.90 Å². The number of thiazole rings is 1. The van der Waals surface area contributed by atoms with Gasteiger partial charge in [0.2, 0.25) is 0 Å². The average Bonchev–Trinajstić information content (AvgIpc) is 3.08. The van der Waals surface area contributed by atoms with Crippen LogP contribution >= 0.6 is 11.3 Å². The van der Waals surface area contributed by atoms with Crippen molar-refractivity contribution in [3.8, 4) is 0 Å². The molecule has 6 heteroatoms. The molecule has 0 saturated heterocycles. The van der Waals surface area contributed by atoms with Crippen molar-refractivity contribution in [3.05, 3.63) is 59.7 Å². The van der Waals surface area contributed by atoms with Crippen molar-refractivity contribution in [2.75, 3.05) is 5.32 Å². The molecule has 3 N–H and O–H groups in total. The van der Waals surface area contributed by atoms with Crippen LogP contribution in [0.3, 0.4) is 0 Å². The van der Waals surface area contributed by atoms with Crippen LogP contribution in [0.2, 0.25) is 0 Å². The van der Waals surface area contributed by atoms with Gasteiger partial charge in [0.1, 0.15) is 0 Å². The van der Waals surface area contributed by atoms with Crippen LogP contribution in [0.1, 0.15) is 17.2 Å². The van der Waals surface area contributed by atoms with Crippen molar-refractivity contribution in [2.24, 2.45) is 0 Å². The highest BCUT2D eigenvalue weighted by Gasteiger charge is 2.31. The first-order valence-electron chi connectivity index (χ1n) is 7.39. The molecule has 0 radical (unpaired) electrons. The number of rotatable bonds is 2. The quantitative estimate of drug-likeness (QED) is 0.678. The summed E-state index contributed by atoms with van der Waals surface area (Å²) in [5, 5.41) is 16.3. The number of benzene rings is 2. The number of hydrogen-bond donors (Lipinski definition) is 3. The van der Waals surface area contributed by atoms with Crippen LogP contribution in [-0.4, -0.2) is 22.2 Å². The van der Waals surface area contributed by atoms with Crippen LogP contribution in [0.5, 0.6) is 0 Å². The molecule has 1 aromatic heterocycles. The fraction of sp³-hybridized carbons (Fsp3) is 0.176. The Kier molecular flexibility index (Phi) is 3.48. The SMILES string of the molecule is O=C(Nc1nc2ccccc2s1)N[C@H]1c2ccccc2C[C@H]1O. The Morgan fingerprint density at radius 3 is 2.83 bits per heavy atom. The number of anilines is 1. The Morgan fingerprint density at radius 2 is 1.96 bits per heavy atom. The van der Waals surface area contributed by atoms with E-state index in [2.05, 4.69) is 15.6 Å². The predicted molar refractivity (Wildman–Crippen MR) is 90.7 cm³/mol. The first-order valence-corrected chi connectivity index (χ1v) is 8.21. The van der Waals surface area contributed by atoms with E-state index in [1.807, 2.05) is 48.5 Å². The standard InChI is InChI=1S/C17H15N3O2S/c21-13-9-10-5-1-2-6-11(10)15(13)19-16(22)20-17-18-12-7-3-4-8-14(12)23-17/h1-8,13,15,21H,9H2,(H2,18,19,20,22)/t13-,15+/m1/s1. The minimum Gasteiger partial charge on any atom is -0.390 e. The van der Waals surface area contributed by atoms with Gasteiger partial charge in [0.05, 0.1) is 22.4 Å². The average molecular weight is 325 g/mol. The summed E-state index contributed by atoms with van der Waals surface area (Å²) in [5.74, 6) is 0. The first kappa shape index (κ1) is 14.2. The zero-order chi connectivity index (χ0) is 15.8. The Balaban J connectivity index is 1.50. The highest BCUT2D eigenvalue weighted by atomic mass is 32.1. The number of amides is 2. The molecule has 0 fully saturated rings. The molecule has 1 aliphatic carbocycles. The number of nitrogens with one attached hydrogen (secondary N) is 2. The lowest BCUT2D eigenvalue weighted by Crippen LogP contribution is -2.36. The molecule has 116 valence electrons. The molecule has 0 spiro atoms. The summed E-state index contributed by atoms with van der Waals surface area (Å²) in [4.78, 5) is 16.6. The third-order valence-electron chi connectivity index (χ3n) is 4.00. The molecule has 2 amide bonds. The van der Waals surface area contributed by atoms with Gasteiger partial charge < -0.3 is 10.4 Å². The summed E-state index contributed by atoms with van der Waals surface area (Å²) < 4.78 is 1.02. The maximum absolute atomic E-state index is 12.2. The van der Waals surface area contributed by atoms with E-state index >= 15 is 0 Å². The lowest BCUT2D eigenvalue weighted by atomic mass is 10.1. The Hall–Kier alpha value is -2.44. The van der Waals surface area contributed by atoms with Crippen LogP contribution in [-0.2, 0) is 6.42 Å². The number of carbonyl (C=O) groups is 1. The van der Waals surface area contributed by atoms with E-state index in [1.165, 1.54) is 11.3 Å². The van der Waals surface area contributed by atoms with Crippen LogP contribution in [0.15, 0.2) is 48.5 Å². The monoisotopic (exact) mass is 325 g/mol. The lowest BCUT2D eigenvalue weighted by Gasteiger charge is -2.17. The summed E-state index contributed by atoms with van der Waals surface area (Å²) in [6, 6.07) is 14.8. The Morgan fingerprint density at radius 1 is 1.17 bits per heavy atom. The lowest BCUT2D eigenvalue weighted by molar-refractivity contribution is 0.144. The largest absolute Gasteiger partial charge is 0.390 e. The number of urea groups is 1. The zero-order valence-corrected chi connectivity index (χ0v) is 13.0. The molecule has 2 aromatic carbocycles. The molecule has 1 aliphatic rings. The third kappa shape index (κ3) is 2.67. The van der Waals surface area contributed by atoms with Gasteiger partial charge in [-0.2, -0.15) is 0 Å². The summed E-state index contributed by atoms with van der Waals surface area (Å²) in [5.41, 5.74) is 2.91. The van der Waals surface area contributed by atoms with Crippen molar-refractivity contribution < 1.29 is 9.90 Å². The number of carbonyl (C=O) groups excluding carboxylic acids is 1. The smallest absolute Gasteiger partial charge is 0.321 e. The van der Waals surface area contributed by atoms with E-state index in [1.54, 1.807) is 0 Å². The molecule has 23 heavy (non-hydrogen) atoms. The number of para-hydroxylation sites is 1. The summed E-state index contributed by atoms with van der Waals surface area (Å²) >= 11 is 1.42. The van der Waals surface area contributed by atoms with Gasteiger partial charge in [-0.15, -0.1) is 0 Å². The number of aliphatic hydroxyl groups excluding tert-OH is 1. The van der Waals surface area contributed by atoms with Crippen molar-refractivity contribution in [3.63, 3.8) is 0 Å². The molecule has 1 heterocycles. The number of aliphatic hydroxyl groups is 1. The second kappa shape index (κ2) is 5.64. The molecule has 2 atom stereocenters. The van der Waals surface area contributed by atoms with Crippen LogP contribution in [0.25, 0.3) is 10.2 Å². The minimum atomic E-state index is -0.603. The van der Waals surface area contributed by atoms with Gasteiger partial charge in [-0.1, -0.05) is 47.7 Å². The van der Waals surface area contributed by atoms with Gasteiger partial charge in [-0.25, -0.2) is 9.78 Å². The molecule has 5 nitrogen and oxygen atoms in total. The normalized spacial score (nSPS) is 19.5. The molecule has 0 unspecified atom stereocenters. The molecule has 0 bridgehead atoms.